The van der Waals surface area contributed by atoms with Crippen molar-refractivity contribution in [2.24, 2.45) is 0 Å². The molecule has 0 saturated carbocycles. The topological polar surface area (TPSA) is 119 Å². The molecule has 7 nitrogen and oxygen atoms in total. The Kier molecular flexibility index (Phi) is 8.46. The van der Waals surface area contributed by atoms with Crippen LogP contribution >= 0.6 is 0 Å². The normalized spacial score (nSPS) is 18.0. The SMILES string of the molecule is C1=CC2OC2(c2ccccc2)C=C1.Cc1nc2c(O)cccc2cc1O.Cc1nc2c(O)cccc2cc1O.[Al]. The van der Waals surface area contributed by atoms with Crippen LogP contribution in [-0.2, 0) is 10.3 Å². The van der Waals surface area contributed by atoms with Crippen LogP contribution < -0.4 is 0 Å². The molecule has 40 heavy (non-hydrogen) atoms. The van der Waals surface area contributed by atoms with Gasteiger partial charge in [-0.15, -0.1) is 0 Å². The van der Waals surface area contributed by atoms with Gasteiger partial charge in [0.2, 0.25) is 0 Å². The van der Waals surface area contributed by atoms with Crippen molar-refractivity contribution in [2.75, 3.05) is 0 Å². The van der Waals surface area contributed by atoms with Crippen LogP contribution in [0.15, 0.2) is 103 Å². The fourth-order valence-corrected chi connectivity index (χ4v) is 4.41. The Balaban J connectivity index is 0.000000137. The Labute approximate surface area is 242 Å². The molecular weight excluding hydrogens is 519 g/mol. The third-order valence-corrected chi connectivity index (χ3v) is 6.63. The molecule has 2 aliphatic rings. The molecule has 0 spiro atoms. The molecule has 3 radical (unpaired) electrons. The second-order valence-corrected chi connectivity index (χ2v) is 9.33. The molecule has 5 aromatic rings. The summed E-state index contributed by atoms with van der Waals surface area (Å²) in [4.78, 5) is 8.15. The molecule has 1 aliphatic heterocycles. The number of nitrogens with zero attached hydrogens (tertiary/aromatic N) is 2. The maximum absolute atomic E-state index is 9.44. The third-order valence-electron chi connectivity index (χ3n) is 6.63. The minimum atomic E-state index is -0.129. The number of para-hydroxylation sites is 2. The summed E-state index contributed by atoms with van der Waals surface area (Å²) in [6.45, 7) is 3.39. The third kappa shape index (κ3) is 5.80. The highest BCUT2D eigenvalue weighted by Crippen LogP contribution is 2.49. The van der Waals surface area contributed by atoms with E-state index in [4.69, 9.17) is 4.74 Å². The molecule has 199 valence electrons. The van der Waals surface area contributed by atoms with Crippen molar-refractivity contribution in [3.8, 4) is 23.0 Å². The van der Waals surface area contributed by atoms with Crippen molar-refractivity contribution in [2.45, 2.75) is 25.6 Å². The number of aromatic nitrogens is 2. The molecule has 3 aromatic carbocycles. The lowest BCUT2D eigenvalue weighted by Crippen LogP contribution is -2.09. The number of allylic oxidation sites excluding steroid dienone is 2. The lowest BCUT2D eigenvalue weighted by atomic mass is 9.92. The molecule has 8 heteroatoms. The maximum atomic E-state index is 9.44. The van der Waals surface area contributed by atoms with Gasteiger partial charge in [0.05, 0.1) is 11.4 Å². The fourth-order valence-electron chi connectivity index (χ4n) is 4.41. The molecule has 2 unspecified atom stereocenters. The van der Waals surface area contributed by atoms with Crippen LogP contribution in [0, 0.1) is 13.8 Å². The highest BCUT2D eigenvalue weighted by molar-refractivity contribution is 5.86. The number of phenols is 2. The summed E-state index contributed by atoms with van der Waals surface area (Å²) >= 11 is 0. The van der Waals surface area contributed by atoms with E-state index in [0.29, 0.717) is 22.4 Å². The van der Waals surface area contributed by atoms with Crippen molar-refractivity contribution >= 4 is 39.2 Å². The molecule has 4 N–H and O–H groups in total. The number of aryl methyl sites for hydroxylation is 2. The van der Waals surface area contributed by atoms with E-state index in [1.165, 1.54) is 5.56 Å². The fraction of sp³-hybridized carbons (Fsp3) is 0.125. The Morgan fingerprint density at radius 1 is 0.650 bits per heavy atom. The molecule has 1 aliphatic carbocycles. The summed E-state index contributed by atoms with van der Waals surface area (Å²) in [5.41, 5.74) is 3.22. The van der Waals surface area contributed by atoms with Crippen LogP contribution in [0.1, 0.15) is 17.0 Å². The Morgan fingerprint density at radius 3 is 1.68 bits per heavy atom. The molecule has 1 saturated heterocycles. The zero-order chi connectivity index (χ0) is 27.6. The zero-order valence-electron chi connectivity index (χ0n) is 22.1. The average molecular weight is 548 g/mol. The smallest absolute Gasteiger partial charge is 0.142 e. The molecule has 7 rings (SSSR count). The minimum Gasteiger partial charge on any atom is -0.506 e. The second kappa shape index (κ2) is 11.8. The monoisotopic (exact) mass is 547 g/mol. The number of hydrogen-bond acceptors (Lipinski definition) is 7. The van der Waals surface area contributed by atoms with E-state index < -0.39 is 0 Å². The van der Waals surface area contributed by atoms with Gasteiger partial charge in [0, 0.05) is 28.1 Å². The van der Waals surface area contributed by atoms with Crippen LogP contribution in [-0.4, -0.2) is 53.9 Å². The van der Waals surface area contributed by atoms with Crippen LogP contribution in [0.3, 0.4) is 0 Å². The number of aromatic hydroxyl groups is 4. The summed E-state index contributed by atoms with van der Waals surface area (Å²) in [6, 6.07) is 23.7. The number of pyridine rings is 2. The van der Waals surface area contributed by atoms with E-state index in [-0.39, 0.29) is 52.1 Å². The molecule has 0 amide bonds. The van der Waals surface area contributed by atoms with Gasteiger partial charge in [-0.3, -0.25) is 0 Å². The summed E-state index contributed by atoms with van der Waals surface area (Å²) in [6.07, 6.45) is 8.59. The second-order valence-electron chi connectivity index (χ2n) is 9.33. The van der Waals surface area contributed by atoms with Crippen molar-refractivity contribution < 1.29 is 25.2 Å². The van der Waals surface area contributed by atoms with Crippen LogP contribution in [0.25, 0.3) is 21.8 Å². The summed E-state index contributed by atoms with van der Waals surface area (Å²) in [5.74, 6) is 0.581. The first-order valence-corrected chi connectivity index (χ1v) is 12.4. The van der Waals surface area contributed by atoms with Crippen LogP contribution in [0.4, 0.5) is 0 Å². The van der Waals surface area contributed by atoms with Crippen molar-refractivity contribution in [3.05, 3.63) is 120 Å². The van der Waals surface area contributed by atoms with Crippen molar-refractivity contribution in [3.63, 3.8) is 0 Å². The quantitative estimate of drug-likeness (QED) is 0.152. The lowest BCUT2D eigenvalue weighted by molar-refractivity contribution is 0.346. The Bertz CT molecular complexity index is 1630. The van der Waals surface area contributed by atoms with Crippen molar-refractivity contribution in [1.29, 1.82) is 0 Å². The van der Waals surface area contributed by atoms with Gasteiger partial charge in [0.25, 0.3) is 0 Å². The first kappa shape index (κ1) is 28.7. The van der Waals surface area contributed by atoms with Gasteiger partial charge in [0.15, 0.2) is 0 Å². The first-order valence-electron chi connectivity index (χ1n) is 12.4. The predicted octanol–water partition coefficient (Wildman–Crippen LogP) is 5.93. The Hall–Kier alpha value is -4.35. The highest BCUT2D eigenvalue weighted by Gasteiger charge is 2.54. The van der Waals surface area contributed by atoms with E-state index in [9.17, 15) is 20.4 Å². The number of phenolic OH excluding ortho intramolecular Hbond substituents is 2. The number of rotatable bonds is 1. The van der Waals surface area contributed by atoms with Gasteiger partial charge in [-0.2, -0.15) is 0 Å². The average Bonchev–Trinajstić information content (AvgIpc) is 3.69. The van der Waals surface area contributed by atoms with Gasteiger partial charge in [-0.05, 0) is 49.8 Å². The molecule has 3 heterocycles. The standard InChI is InChI=1S/C12H10O.2C10H9NO2.Al/c1-2-6-10(7-3-1)12-9-5-4-8-11(12)13-12;2*1-6-9(13)5-7-3-2-4-8(12)10(7)11-6;/h1-9,11H;2*2-5,12-13H,1H3;. The number of epoxide rings is 1. The van der Waals surface area contributed by atoms with Crippen molar-refractivity contribution in [1.82, 2.24) is 9.97 Å². The zero-order valence-corrected chi connectivity index (χ0v) is 23.2. The van der Waals surface area contributed by atoms with Gasteiger partial charge < -0.3 is 25.2 Å². The van der Waals surface area contributed by atoms with Gasteiger partial charge in [-0.25, -0.2) is 9.97 Å². The molecule has 0 bridgehead atoms. The van der Waals surface area contributed by atoms with Crippen LogP contribution in [0.2, 0.25) is 0 Å². The largest absolute Gasteiger partial charge is 0.506 e. The number of ether oxygens (including phenoxy) is 1. The summed E-state index contributed by atoms with van der Waals surface area (Å²) in [5, 5.41) is 39.1. The number of hydrogen-bond donors (Lipinski definition) is 4. The van der Waals surface area contributed by atoms with E-state index in [1.54, 1.807) is 62.4 Å². The van der Waals surface area contributed by atoms with Gasteiger partial charge in [-0.1, -0.05) is 72.8 Å². The van der Waals surface area contributed by atoms with E-state index >= 15 is 0 Å². The Morgan fingerprint density at radius 2 is 1.18 bits per heavy atom. The molecule has 2 aromatic heterocycles. The lowest BCUT2D eigenvalue weighted by Gasteiger charge is -2.08. The number of benzene rings is 3. The van der Waals surface area contributed by atoms with E-state index in [1.807, 2.05) is 12.1 Å². The molecular formula is C32H28AlN2O5. The van der Waals surface area contributed by atoms with Crippen LogP contribution in [0.5, 0.6) is 23.0 Å². The first-order chi connectivity index (χ1) is 18.8. The minimum absolute atomic E-state index is 0. The van der Waals surface area contributed by atoms with Gasteiger partial charge >= 0.3 is 0 Å². The van der Waals surface area contributed by atoms with Gasteiger partial charge in [0.1, 0.15) is 45.7 Å². The summed E-state index contributed by atoms with van der Waals surface area (Å²) in [7, 11) is 0. The molecule has 2 atom stereocenters. The van der Waals surface area contributed by atoms with E-state index in [0.717, 1.165) is 10.8 Å². The van der Waals surface area contributed by atoms with E-state index in [2.05, 4.69) is 52.5 Å². The maximum Gasteiger partial charge on any atom is 0.142 e. The summed E-state index contributed by atoms with van der Waals surface area (Å²) < 4.78 is 5.68. The highest BCUT2D eigenvalue weighted by atomic mass is 27.0. The number of fused-ring (bicyclic) bond motifs is 3. The predicted molar refractivity (Wildman–Crippen MR) is 157 cm³/mol. The molecule has 1 fully saturated rings.